The Bertz CT molecular complexity index is 1110. The molecule has 11 heteroatoms. The standard InChI is InChI=1S/C19H20N8O3/c20-17(28)15-9-22-18-14(3-4-21-18)16(15)25-10-5-11-1-2-12(6-10)26(11)19-23-7-13(8-24-19)27(29)30/h3-4,7-12H,1-2,5-6H2,(H2,20,28)(H2,21,22,25)/t10-,11-,12+. The zero-order valence-electron chi connectivity index (χ0n) is 16.0. The topological polar surface area (TPSA) is 156 Å². The van der Waals surface area contributed by atoms with Gasteiger partial charge < -0.3 is 20.9 Å². The Balaban J connectivity index is 1.39. The van der Waals surface area contributed by atoms with Crippen molar-refractivity contribution in [3.8, 4) is 0 Å². The number of nitrogens with two attached hydrogens (primary N) is 1. The number of primary amides is 1. The van der Waals surface area contributed by atoms with Crippen LogP contribution in [0.15, 0.2) is 30.9 Å². The van der Waals surface area contributed by atoms with Gasteiger partial charge in [0.25, 0.3) is 5.91 Å². The van der Waals surface area contributed by atoms with Gasteiger partial charge in [-0.3, -0.25) is 14.9 Å². The third-order valence-corrected chi connectivity index (χ3v) is 6.00. The van der Waals surface area contributed by atoms with Gasteiger partial charge in [-0.05, 0) is 31.7 Å². The lowest BCUT2D eigenvalue weighted by molar-refractivity contribution is -0.385. The van der Waals surface area contributed by atoms with Crippen LogP contribution in [-0.2, 0) is 0 Å². The average Bonchev–Trinajstić information content (AvgIpc) is 3.31. The summed E-state index contributed by atoms with van der Waals surface area (Å²) in [6.45, 7) is 0. The van der Waals surface area contributed by atoms with Crippen molar-refractivity contribution in [2.45, 2.75) is 43.8 Å². The third-order valence-electron chi connectivity index (χ3n) is 6.00. The van der Waals surface area contributed by atoms with E-state index in [1.807, 2.05) is 6.07 Å². The van der Waals surface area contributed by atoms with Crippen LogP contribution in [0.4, 0.5) is 17.3 Å². The van der Waals surface area contributed by atoms with Crippen LogP contribution in [0, 0.1) is 10.1 Å². The number of nitrogens with zero attached hydrogens (tertiary/aromatic N) is 5. The van der Waals surface area contributed by atoms with Crippen LogP contribution in [0.5, 0.6) is 0 Å². The zero-order chi connectivity index (χ0) is 20.8. The van der Waals surface area contributed by atoms with Gasteiger partial charge >= 0.3 is 5.69 Å². The molecule has 2 bridgehead atoms. The fraction of sp³-hybridized carbons (Fsp3) is 0.368. The van der Waals surface area contributed by atoms with E-state index >= 15 is 0 Å². The molecule has 154 valence electrons. The van der Waals surface area contributed by atoms with E-state index in [9.17, 15) is 14.9 Å². The molecule has 5 heterocycles. The van der Waals surface area contributed by atoms with Crippen molar-refractivity contribution in [2.75, 3.05) is 10.2 Å². The molecule has 4 N–H and O–H groups in total. The zero-order valence-corrected chi connectivity index (χ0v) is 16.0. The number of nitro groups is 1. The number of nitrogens with one attached hydrogen (secondary N) is 2. The Morgan fingerprint density at radius 1 is 1.20 bits per heavy atom. The summed E-state index contributed by atoms with van der Waals surface area (Å²) in [6, 6.07) is 2.48. The summed E-state index contributed by atoms with van der Waals surface area (Å²) >= 11 is 0. The molecule has 0 aromatic carbocycles. The maximum atomic E-state index is 11.9. The van der Waals surface area contributed by atoms with E-state index in [2.05, 4.69) is 30.2 Å². The van der Waals surface area contributed by atoms with Gasteiger partial charge in [0.1, 0.15) is 18.0 Å². The Morgan fingerprint density at radius 3 is 2.53 bits per heavy atom. The van der Waals surface area contributed by atoms with Gasteiger partial charge in [-0.1, -0.05) is 0 Å². The van der Waals surface area contributed by atoms with Crippen molar-refractivity contribution >= 4 is 34.3 Å². The van der Waals surface area contributed by atoms with E-state index in [1.165, 1.54) is 18.6 Å². The van der Waals surface area contributed by atoms with Crippen molar-refractivity contribution < 1.29 is 9.72 Å². The van der Waals surface area contributed by atoms with Gasteiger partial charge in [0.2, 0.25) is 5.95 Å². The first-order valence-corrected chi connectivity index (χ1v) is 9.78. The molecule has 2 aliphatic rings. The van der Waals surface area contributed by atoms with Crippen LogP contribution >= 0.6 is 0 Å². The number of amides is 1. The Labute approximate surface area is 170 Å². The number of carbonyl (C=O) groups is 1. The van der Waals surface area contributed by atoms with Gasteiger partial charge in [-0.2, -0.15) is 0 Å². The molecule has 3 atom stereocenters. The maximum absolute atomic E-state index is 11.9. The lowest BCUT2D eigenvalue weighted by Crippen LogP contribution is -2.47. The van der Waals surface area contributed by atoms with Crippen LogP contribution in [0.1, 0.15) is 36.0 Å². The number of hydrogen-bond acceptors (Lipinski definition) is 8. The maximum Gasteiger partial charge on any atom is 0.305 e. The molecular formula is C19H20N8O3. The summed E-state index contributed by atoms with van der Waals surface area (Å²) in [6.07, 6.45) is 9.47. The van der Waals surface area contributed by atoms with Crippen molar-refractivity contribution in [1.29, 1.82) is 0 Å². The minimum absolute atomic E-state index is 0.116. The highest BCUT2D eigenvalue weighted by molar-refractivity contribution is 6.06. The van der Waals surface area contributed by atoms with Crippen molar-refractivity contribution in [2.24, 2.45) is 5.73 Å². The number of piperidine rings is 1. The van der Waals surface area contributed by atoms with Gasteiger partial charge in [-0.15, -0.1) is 0 Å². The average molecular weight is 408 g/mol. The minimum Gasteiger partial charge on any atom is -0.381 e. The fourth-order valence-corrected chi connectivity index (χ4v) is 4.72. The highest BCUT2D eigenvalue weighted by Gasteiger charge is 2.42. The van der Waals surface area contributed by atoms with Gasteiger partial charge in [-0.25, -0.2) is 15.0 Å². The van der Waals surface area contributed by atoms with Crippen LogP contribution < -0.4 is 16.0 Å². The molecule has 0 aliphatic carbocycles. The van der Waals surface area contributed by atoms with Gasteiger partial charge in [0, 0.05) is 35.9 Å². The van der Waals surface area contributed by atoms with E-state index in [-0.39, 0.29) is 23.8 Å². The van der Waals surface area contributed by atoms with Crippen molar-refractivity contribution in [3.63, 3.8) is 0 Å². The lowest BCUT2D eigenvalue weighted by Gasteiger charge is -2.39. The Morgan fingerprint density at radius 2 is 1.90 bits per heavy atom. The summed E-state index contributed by atoms with van der Waals surface area (Å²) in [5.74, 6) is 0.00842. The predicted octanol–water partition coefficient (Wildman–Crippen LogP) is 1.97. The molecule has 0 unspecified atom stereocenters. The van der Waals surface area contributed by atoms with E-state index in [4.69, 9.17) is 5.73 Å². The molecule has 3 aromatic rings. The van der Waals surface area contributed by atoms with Crippen molar-refractivity contribution in [1.82, 2.24) is 19.9 Å². The van der Waals surface area contributed by atoms with Crippen LogP contribution in [0.3, 0.4) is 0 Å². The smallest absolute Gasteiger partial charge is 0.305 e. The number of carbonyl (C=O) groups excluding carboxylic acids is 1. The minimum atomic E-state index is -0.521. The van der Waals surface area contributed by atoms with Crippen LogP contribution in [-0.4, -0.2) is 48.9 Å². The molecule has 0 saturated carbocycles. The second kappa shape index (κ2) is 6.94. The molecule has 2 saturated heterocycles. The summed E-state index contributed by atoms with van der Waals surface area (Å²) in [5, 5.41) is 15.2. The number of hydrogen-bond donors (Lipinski definition) is 3. The SMILES string of the molecule is NC(=O)c1cnc2[nH]ccc2c1N[C@@H]1C[C@H]2CC[C@@H](C1)N2c1ncc([N+](=O)[O-])cn1. The van der Waals surface area contributed by atoms with Gasteiger partial charge in [0.05, 0.1) is 16.2 Å². The summed E-state index contributed by atoms with van der Waals surface area (Å²) < 4.78 is 0. The number of aromatic nitrogens is 4. The monoisotopic (exact) mass is 408 g/mol. The second-order valence-electron chi connectivity index (χ2n) is 7.75. The van der Waals surface area contributed by atoms with Crippen LogP contribution in [0.25, 0.3) is 11.0 Å². The summed E-state index contributed by atoms with van der Waals surface area (Å²) in [7, 11) is 0. The quantitative estimate of drug-likeness (QED) is 0.427. The molecule has 2 fully saturated rings. The Kier molecular flexibility index (Phi) is 4.23. The van der Waals surface area contributed by atoms with E-state index in [0.29, 0.717) is 22.8 Å². The first kappa shape index (κ1) is 18.3. The normalized spacial score (nSPS) is 22.9. The van der Waals surface area contributed by atoms with E-state index < -0.39 is 10.8 Å². The number of anilines is 2. The molecule has 0 radical (unpaired) electrons. The lowest BCUT2D eigenvalue weighted by atomic mass is 9.96. The molecule has 0 spiro atoms. The van der Waals surface area contributed by atoms with E-state index in [1.54, 1.807) is 6.20 Å². The number of pyridine rings is 1. The fourth-order valence-electron chi connectivity index (χ4n) is 4.72. The number of fused-ring (bicyclic) bond motifs is 3. The molecular weight excluding hydrogens is 388 g/mol. The van der Waals surface area contributed by atoms with Crippen LogP contribution in [0.2, 0.25) is 0 Å². The molecule has 1 amide bonds. The second-order valence-corrected chi connectivity index (χ2v) is 7.75. The molecule has 30 heavy (non-hydrogen) atoms. The highest BCUT2D eigenvalue weighted by Crippen LogP contribution is 2.39. The van der Waals surface area contributed by atoms with Gasteiger partial charge in [0.15, 0.2) is 0 Å². The first-order chi connectivity index (χ1) is 14.5. The molecule has 5 rings (SSSR count). The third kappa shape index (κ3) is 2.98. The highest BCUT2D eigenvalue weighted by atomic mass is 16.6. The summed E-state index contributed by atoms with van der Waals surface area (Å²) in [5.41, 5.74) is 7.23. The van der Waals surface area contributed by atoms with E-state index in [0.717, 1.165) is 31.1 Å². The Hall–Kier alpha value is -3.76. The van der Waals surface area contributed by atoms with Crippen molar-refractivity contribution in [3.05, 3.63) is 46.5 Å². The molecule has 11 nitrogen and oxygen atoms in total. The largest absolute Gasteiger partial charge is 0.381 e. The number of aromatic amines is 1. The first-order valence-electron chi connectivity index (χ1n) is 9.78. The number of rotatable bonds is 5. The number of H-pyrrole nitrogens is 1. The predicted molar refractivity (Wildman–Crippen MR) is 109 cm³/mol. The molecule has 3 aromatic heterocycles. The summed E-state index contributed by atoms with van der Waals surface area (Å²) in [4.78, 5) is 40.2. The molecule has 2 aliphatic heterocycles.